The van der Waals surface area contributed by atoms with Crippen LogP contribution in [0.4, 0.5) is 11.4 Å². The molecule has 1 heterocycles. The minimum absolute atomic E-state index is 0.0727. The second kappa shape index (κ2) is 7.99. The summed E-state index contributed by atoms with van der Waals surface area (Å²) in [5.41, 5.74) is 1.75. The Morgan fingerprint density at radius 3 is 2.69 bits per heavy atom. The van der Waals surface area contributed by atoms with E-state index in [2.05, 4.69) is 5.32 Å². The lowest BCUT2D eigenvalue weighted by atomic mass is 10.0. The summed E-state index contributed by atoms with van der Waals surface area (Å²) < 4.78 is 0. The maximum atomic E-state index is 12.8. The third-order valence-electron chi connectivity index (χ3n) is 4.83. The largest absolute Gasteiger partial charge is 0.375 e. The highest BCUT2D eigenvalue weighted by atomic mass is 16.6. The zero-order chi connectivity index (χ0) is 18.5. The summed E-state index contributed by atoms with van der Waals surface area (Å²) in [5.74, 6) is -0.130. The van der Waals surface area contributed by atoms with Gasteiger partial charge in [-0.1, -0.05) is 30.3 Å². The van der Waals surface area contributed by atoms with Gasteiger partial charge in [0.2, 0.25) is 0 Å². The van der Waals surface area contributed by atoms with Crippen molar-refractivity contribution in [2.45, 2.75) is 38.8 Å². The van der Waals surface area contributed by atoms with Crippen LogP contribution in [0.2, 0.25) is 0 Å². The second-order valence-electron chi connectivity index (χ2n) is 6.67. The van der Waals surface area contributed by atoms with Crippen molar-refractivity contribution in [2.24, 2.45) is 0 Å². The van der Waals surface area contributed by atoms with E-state index in [1.54, 1.807) is 12.1 Å². The smallest absolute Gasteiger partial charge is 0.293 e. The predicted octanol–water partition coefficient (Wildman–Crippen LogP) is 4.22. The van der Waals surface area contributed by atoms with Gasteiger partial charge in [0.05, 0.1) is 4.92 Å². The van der Waals surface area contributed by atoms with E-state index in [1.165, 1.54) is 6.07 Å². The van der Waals surface area contributed by atoms with Gasteiger partial charge in [0, 0.05) is 30.8 Å². The summed E-state index contributed by atoms with van der Waals surface area (Å²) in [6.07, 6.45) is 3.08. The van der Waals surface area contributed by atoms with Gasteiger partial charge in [0.15, 0.2) is 0 Å². The SMILES string of the molecule is CC1CCCCN1C(=O)c1ccc(NCc2ccccc2)c([N+](=O)[O-])c1. The number of benzene rings is 2. The molecule has 1 unspecified atom stereocenters. The first-order valence-electron chi connectivity index (χ1n) is 8.93. The molecule has 2 aromatic carbocycles. The lowest BCUT2D eigenvalue weighted by Crippen LogP contribution is -2.42. The summed E-state index contributed by atoms with van der Waals surface area (Å²) in [7, 11) is 0. The molecule has 136 valence electrons. The third-order valence-corrected chi connectivity index (χ3v) is 4.83. The van der Waals surface area contributed by atoms with Gasteiger partial charge < -0.3 is 10.2 Å². The van der Waals surface area contributed by atoms with Crippen molar-refractivity contribution >= 4 is 17.3 Å². The number of hydrogen-bond acceptors (Lipinski definition) is 4. The number of anilines is 1. The molecular formula is C20H23N3O3. The van der Waals surface area contributed by atoms with E-state index in [0.717, 1.165) is 24.8 Å². The molecule has 1 aliphatic heterocycles. The second-order valence-corrected chi connectivity index (χ2v) is 6.67. The zero-order valence-corrected chi connectivity index (χ0v) is 14.9. The average Bonchev–Trinajstić information content (AvgIpc) is 2.67. The molecule has 0 aliphatic carbocycles. The van der Waals surface area contributed by atoms with Crippen LogP contribution >= 0.6 is 0 Å². The number of nitro groups is 1. The van der Waals surface area contributed by atoms with Crippen LogP contribution in [0, 0.1) is 10.1 Å². The van der Waals surface area contributed by atoms with E-state index in [-0.39, 0.29) is 17.6 Å². The molecule has 1 atom stereocenters. The van der Waals surface area contributed by atoms with Crippen LogP contribution in [0.15, 0.2) is 48.5 Å². The molecule has 0 saturated carbocycles. The van der Waals surface area contributed by atoms with E-state index >= 15 is 0 Å². The Kier molecular flexibility index (Phi) is 5.51. The number of carbonyl (C=O) groups excluding carboxylic acids is 1. The molecule has 1 amide bonds. The van der Waals surface area contributed by atoms with Gasteiger partial charge in [0.1, 0.15) is 5.69 Å². The molecule has 1 fully saturated rings. The van der Waals surface area contributed by atoms with Gasteiger partial charge in [-0.15, -0.1) is 0 Å². The molecule has 1 N–H and O–H groups in total. The molecule has 0 aromatic heterocycles. The van der Waals surface area contributed by atoms with E-state index in [9.17, 15) is 14.9 Å². The number of carbonyl (C=O) groups is 1. The lowest BCUT2D eigenvalue weighted by molar-refractivity contribution is -0.384. The first-order valence-corrected chi connectivity index (χ1v) is 8.93. The maximum absolute atomic E-state index is 12.8. The quantitative estimate of drug-likeness (QED) is 0.645. The van der Waals surface area contributed by atoms with Gasteiger partial charge in [-0.05, 0) is 43.9 Å². The highest BCUT2D eigenvalue weighted by Crippen LogP contribution is 2.28. The topological polar surface area (TPSA) is 75.5 Å². The van der Waals surface area contributed by atoms with E-state index < -0.39 is 4.92 Å². The molecule has 0 bridgehead atoms. The van der Waals surface area contributed by atoms with Crippen LogP contribution in [0.1, 0.15) is 42.1 Å². The number of amides is 1. The summed E-state index contributed by atoms with van der Waals surface area (Å²) in [6, 6.07) is 14.5. The van der Waals surface area contributed by atoms with E-state index in [0.29, 0.717) is 24.3 Å². The molecule has 0 radical (unpaired) electrons. The van der Waals surface area contributed by atoms with Crippen LogP contribution in [-0.4, -0.2) is 28.3 Å². The highest BCUT2D eigenvalue weighted by molar-refractivity contribution is 5.96. The number of piperidine rings is 1. The molecule has 2 aromatic rings. The Morgan fingerprint density at radius 2 is 2.00 bits per heavy atom. The first kappa shape index (κ1) is 17.9. The van der Waals surface area contributed by atoms with Crippen molar-refractivity contribution < 1.29 is 9.72 Å². The lowest BCUT2D eigenvalue weighted by Gasteiger charge is -2.33. The molecule has 1 aliphatic rings. The van der Waals surface area contributed by atoms with Gasteiger partial charge in [-0.3, -0.25) is 14.9 Å². The Morgan fingerprint density at radius 1 is 1.23 bits per heavy atom. The van der Waals surface area contributed by atoms with E-state index in [1.807, 2.05) is 42.2 Å². The van der Waals surface area contributed by atoms with Crippen LogP contribution in [-0.2, 0) is 6.54 Å². The van der Waals surface area contributed by atoms with Crippen molar-refractivity contribution in [2.75, 3.05) is 11.9 Å². The average molecular weight is 353 g/mol. The molecule has 6 nitrogen and oxygen atoms in total. The number of likely N-dealkylation sites (tertiary alicyclic amines) is 1. The molecule has 6 heteroatoms. The molecule has 26 heavy (non-hydrogen) atoms. The fraction of sp³-hybridized carbons (Fsp3) is 0.350. The van der Waals surface area contributed by atoms with Crippen molar-refractivity contribution in [1.29, 1.82) is 0 Å². The number of rotatable bonds is 5. The van der Waals surface area contributed by atoms with Gasteiger partial charge in [-0.25, -0.2) is 0 Å². The van der Waals surface area contributed by atoms with Crippen LogP contribution in [0.5, 0.6) is 0 Å². The third kappa shape index (κ3) is 4.02. The van der Waals surface area contributed by atoms with E-state index in [4.69, 9.17) is 0 Å². The number of nitrogens with zero attached hydrogens (tertiary/aromatic N) is 2. The van der Waals surface area contributed by atoms with Crippen LogP contribution in [0.3, 0.4) is 0 Å². The zero-order valence-electron chi connectivity index (χ0n) is 14.9. The first-order chi connectivity index (χ1) is 12.6. The molecule has 1 saturated heterocycles. The van der Waals surface area contributed by atoms with Crippen molar-refractivity contribution in [3.63, 3.8) is 0 Å². The number of hydrogen-bond donors (Lipinski definition) is 1. The fourth-order valence-electron chi connectivity index (χ4n) is 3.32. The normalized spacial score (nSPS) is 17.0. The fourth-order valence-corrected chi connectivity index (χ4v) is 3.32. The Labute approximate surface area is 153 Å². The van der Waals surface area contributed by atoms with Gasteiger partial charge >= 0.3 is 0 Å². The molecular weight excluding hydrogens is 330 g/mol. The van der Waals surface area contributed by atoms with Gasteiger partial charge in [0.25, 0.3) is 11.6 Å². The monoisotopic (exact) mass is 353 g/mol. The molecule has 0 spiro atoms. The van der Waals surface area contributed by atoms with Crippen molar-refractivity contribution in [3.05, 3.63) is 69.8 Å². The minimum Gasteiger partial charge on any atom is -0.375 e. The predicted molar refractivity (Wildman–Crippen MR) is 101 cm³/mol. The summed E-state index contributed by atoms with van der Waals surface area (Å²) in [4.78, 5) is 25.6. The number of nitrogens with one attached hydrogen (secondary N) is 1. The van der Waals surface area contributed by atoms with Crippen LogP contribution in [0.25, 0.3) is 0 Å². The van der Waals surface area contributed by atoms with Crippen molar-refractivity contribution in [1.82, 2.24) is 4.90 Å². The Balaban J connectivity index is 1.80. The summed E-state index contributed by atoms with van der Waals surface area (Å²) in [5, 5.41) is 14.6. The summed E-state index contributed by atoms with van der Waals surface area (Å²) >= 11 is 0. The Hall–Kier alpha value is -2.89. The Bertz CT molecular complexity index is 792. The van der Waals surface area contributed by atoms with Crippen molar-refractivity contribution in [3.8, 4) is 0 Å². The van der Waals surface area contributed by atoms with Gasteiger partial charge in [-0.2, -0.15) is 0 Å². The van der Waals surface area contributed by atoms with Crippen LogP contribution < -0.4 is 5.32 Å². The standard InChI is InChI=1S/C20H23N3O3/c1-15-7-5-6-12-22(15)20(24)17-10-11-18(19(13-17)23(25)26)21-14-16-8-3-2-4-9-16/h2-4,8-11,13,15,21H,5-7,12,14H2,1H3. The minimum atomic E-state index is -0.441. The highest BCUT2D eigenvalue weighted by Gasteiger charge is 2.26. The number of nitro benzene ring substituents is 1. The summed E-state index contributed by atoms with van der Waals surface area (Å²) in [6.45, 7) is 3.22. The molecule has 3 rings (SSSR count). The maximum Gasteiger partial charge on any atom is 0.293 e.